The maximum absolute atomic E-state index is 12.3. The smallest absolute Gasteiger partial charge is 0.225 e. The van der Waals surface area contributed by atoms with Gasteiger partial charge in [-0.05, 0) is 12.8 Å². The van der Waals surface area contributed by atoms with Crippen molar-refractivity contribution in [3.63, 3.8) is 0 Å². The fraction of sp³-hybridized carbons (Fsp3) is 0.933. The first-order valence-corrected chi connectivity index (χ1v) is 8.25. The SMILES string of the molecule is O=C(CC1CNCCO1)N1CCN(CC2CCCO2)CC1. The lowest BCUT2D eigenvalue weighted by Crippen LogP contribution is -2.51. The lowest BCUT2D eigenvalue weighted by molar-refractivity contribution is -0.136. The standard InChI is InChI=1S/C15H27N3O3/c19-15(10-14-11-16-3-9-21-14)18-6-4-17(5-7-18)12-13-2-1-8-20-13/h13-14,16H,1-12H2. The Labute approximate surface area is 126 Å². The van der Waals surface area contributed by atoms with E-state index in [1.54, 1.807) is 0 Å². The average molecular weight is 297 g/mol. The number of carbonyl (C=O) groups is 1. The summed E-state index contributed by atoms with van der Waals surface area (Å²) in [6.45, 7) is 7.96. The number of nitrogens with zero attached hydrogens (tertiary/aromatic N) is 2. The fourth-order valence-corrected chi connectivity index (χ4v) is 3.33. The Kier molecular flexibility index (Phi) is 5.46. The van der Waals surface area contributed by atoms with Crippen LogP contribution in [0.1, 0.15) is 19.3 Å². The summed E-state index contributed by atoms with van der Waals surface area (Å²) in [5.41, 5.74) is 0. The summed E-state index contributed by atoms with van der Waals surface area (Å²) in [5, 5.41) is 3.27. The van der Waals surface area contributed by atoms with Gasteiger partial charge in [0.2, 0.25) is 5.91 Å². The summed E-state index contributed by atoms with van der Waals surface area (Å²) in [6, 6.07) is 0. The van der Waals surface area contributed by atoms with E-state index >= 15 is 0 Å². The van der Waals surface area contributed by atoms with Crippen molar-refractivity contribution in [1.29, 1.82) is 0 Å². The highest BCUT2D eigenvalue weighted by Gasteiger charge is 2.26. The number of ether oxygens (including phenoxy) is 2. The van der Waals surface area contributed by atoms with E-state index in [9.17, 15) is 4.79 Å². The highest BCUT2D eigenvalue weighted by molar-refractivity contribution is 5.76. The molecule has 1 amide bonds. The molecule has 21 heavy (non-hydrogen) atoms. The molecule has 0 aromatic rings. The van der Waals surface area contributed by atoms with Gasteiger partial charge in [-0.1, -0.05) is 0 Å². The molecular weight excluding hydrogens is 270 g/mol. The second-order valence-corrected chi connectivity index (χ2v) is 6.22. The number of piperazine rings is 1. The highest BCUT2D eigenvalue weighted by atomic mass is 16.5. The second-order valence-electron chi connectivity index (χ2n) is 6.22. The van der Waals surface area contributed by atoms with Crippen LogP contribution in [0.15, 0.2) is 0 Å². The van der Waals surface area contributed by atoms with Crippen LogP contribution < -0.4 is 5.32 Å². The molecule has 3 fully saturated rings. The van der Waals surface area contributed by atoms with Crippen LogP contribution in [0.4, 0.5) is 0 Å². The van der Waals surface area contributed by atoms with Crippen LogP contribution in [0.3, 0.4) is 0 Å². The molecule has 0 aromatic heterocycles. The van der Waals surface area contributed by atoms with Crippen LogP contribution in [0.2, 0.25) is 0 Å². The maximum Gasteiger partial charge on any atom is 0.225 e. The van der Waals surface area contributed by atoms with E-state index in [0.717, 1.165) is 52.4 Å². The monoisotopic (exact) mass is 297 g/mol. The van der Waals surface area contributed by atoms with E-state index in [1.807, 2.05) is 4.90 Å². The summed E-state index contributed by atoms with van der Waals surface area (Å²) < 4.78 is 11.3. The van der Waals surface area contributed by atoms with E-state index < -0.39 is 0 Å². The minimum atomic E-state index is 0.0520. The molecule has 0 saturated carbocycles. The molecule has 0 aliphatic carbocycles. The van der Waals surface area contributed by atoms with E-state index in [-0.39, 0.29) is 12.0 Å². The van der Waals surface area contributed by atoms with Crippen LogP contribution in [0.25, 0.3) is 0 Å². The molecule has 2 atom stereocenters. The first-order chi connectivity index (χ1) is 10.3. The van der Waals surface area contributed by atoms with Gasteiger partial charge in [-0.2, -0.15) is 0 Å². The molecule has 3 saturated heterocycles. The van der Waals surface area contributed by atoms with Crippen molar-refractivity contribution in [2.75, 3.05) is 59.0 Å². The molecule has 120 valence electrons. The van der Waals surface area contributed by atoms with Gasteiger partial charge in [-0.25, -0.2) is 0 Å². The van der Waals surface area contributed by atoms with Gasteiger partial charge in [0.25, 0.3) is 0 Å². The van der Waals surface area contributed by atoms with Crippen molar-refractivity contribution in [2.45, 2.75) is 31.5 Å². The number of hydrogen-bond donors (Lipinski definition) is 1. The molecule has 0 aromatic carbocycles. The Morgan fingerprint density at radius 2 is 1.90 bits per heavy atom. The lowest BCUT2D eigenvalue weighted by atomic mass is 10.1. The Balaban J connectivity index is 1.37. The molecule has 3 aliphatic heterocycles. The molecule has 1 N–H and O–H groups in total. The predicted molar refractivity (Wildman–Crippen MR) is 79.2 cm³/mol. The van der Waals surface area contributed by atoms with Gasteiger partial charge in [0.15, 0.2) is 0 Å². The number of nitrogens with one attached hydrogen (secondary N) is 1. The normalized spacial score (nSPS) is 31.5. The van der Waals surface area contributed by atoms with E-state index in [1.165, 1.54) is 12.8 Å². The van der Waals surface area contributed by atoms with Crippen LogP contribution in [-0.2, 0) is 14.3 Å². The Bertz CT molecular complexity index is 333. The Morgan fingerprint density at radius 1 is 1.10 bits per heavy atom. The van der Waals surface area contributed by atoms with Crippen molar-refractivity contribution in [1.82, 2.24) is 15.1 Å². The quantitative estimate of drug-likeness (QED) is 0.771. The van der Waals surface area contributed by atoms with Crippen molar-refractivity contribution in [3.8, 4) is 0 Å². The van der Waals surface area contributed by atoms with Gasteiger partial charge in [0.05, 0.1) is 25.2 Å². The zero-order chi connectivity index (χ0) is 14.5. The summed E-state index contributed by atoms with van der Waals surface area (Å²) >= 11 is 0. The third-order valence-electron chi connectivity index (χ3n) is 4.62. The minimum Gasteiger partial charge on any atom is -0.377 e. The molecule has 3 aliphatic rings. The summed E-state index contributed by atoms with van der Waals surface area (Å²) in [7, 11) is 0. The van der Waals surface area contributed by atoms with Crippen molar-refractivity contribution >= 4 is 5.91 Å². The topological polar surface area (TPSA) is 54.0 Å². The number of rotatable bonds is 4. The van der Waals surface area contributed by atoms with Gasteiger partial charge in [-0.3, -0.25) is 9.69 Å². The van der Waals surface area contributed by atoms with Crippen molar-refractivity contribution in [2.24, 2.45) is 0 Å². The Hall–Kier alpha value is -0.690. The van der Waals surface area contributed by atoms with Gasteiger partial charge in [0, 0.05) is 52.4 Å². The maximum atomic E-state index is 12.3. The fourth-order valence-electron chi connectivity index (χ4n) is 3.33. The number of amides is 1. The largest absolute Gasteiger partial charge is 0.377 e. The first-order valence-electron chi connectivity index (χ1n) is 8.25. The molecule has 0 bridgehead atoms. The molecule has 0 radical (unpaired) electrons. The molecular formula is C15H27N3O3. The molecule has 6 heteroatoms. The van der Waals surface area contributed by atoms with E-state index in [2.05, 4.69) is 10.2 Å². The lowest BCUT2D eigenvalue weighted by Gasteiger charge is -2.36. The number of carbonyl (C=O) groups excluding carboxylic acids is 1. The molecule has 0 spiro atoms. The molecule has 3 heterocycles. The second kappa shape index (κ2) is 7.54. The van der Waals surface area contributed by atoms with Crippen LogP contribution in [0.5, 0.6) is 0 Å². The van der Waals surface area contributed by atoms with Crippen LogP contribution >= 0.6 is 0 Å². The molecule has 3 rings (SSSR count). The predicted octanol–water partition coefficient (Wildman–Crippen LogP) is -0.312. The molecule has 2 unspecified atom stereocenters. The average Bonchev–Trinajstić information content (AvgIpc) is 3.02. The zero-order valence-electron chi connectivity index (χ0n) is 12.8. The van der Waals surface area contributed by atoms with Gasteiger partial charge < -0.3 is 19.7 Å². The van der Waals surface area contributed by atoms with E-state index in [4.69, 9.17) is 9.47 Å². The third-order valence-corrected chi connectivity index (χ3v) is 4.62. The van der Waals surface area contributed by atoms with Crippen molar-refractivity contribution < 1.29 is 14.3 Å². The number of hydrogen-bond acceptors (Lipinski definition) is 5. The van der Waals surface area contributed by atoms with Gasteiger partial charge in [-0.15, -0.1) is 0 Å². The Morgan fingerprint density at radius 3 is 2.57 bits per heavy atom. The van der Waals surface area contributed by atoms with Crippen LogP contribution in [-0.4, -0.2) is 86.9 Å². The zero-order valence-corrected chi connectivity index (χ0v) is 12.8. The number of morpholine rings is 1. The molecule has 6 nitrogen and oxygen atoms in total. The van der Waals surface area contributed by atoms with Crippen LogP contribution in [0, 0.1) is 0 Å². The first kappa shape index (κ1) is 15.2. The van der Waals surface area contributed by atoms with Gasteiger partial charge in [0.1, 0.15) is 0 Å². The summed E-state index contributed by atoms with van der Waals surface area (Å²) in [6.07, 6.45) is 3.35. The summed E-state index contributed by atoms with van der Waals surface area (Å²) in [4.78, 5) is 16.7. The third kappa shape index (κ3) is 4.39. The summed E-state index contributed by atoms with van der Waals surface area (Å²) in [5.74, 6) is 0.237. The highest BCUT2D eigenvalue weighted by Crippen LogP contribution is 2.15. The minimum absolute atomic E-state index is 0.0520. The van der Waals surface area contributed by atoms with Crippen molar-refractivity contribution in [3.05, 3.63) is 0 Å². The van der Waals surface area contributed by atoms with E-state index in [0.29, 0.717) is 19.1 Å². The van der Waals surface area contributed by atoms with Gasteiger partial charge >= 0.3 is 0 Å².